The van der Waals surface area contributed by atoms with Crippen molar-refractivity contribution < 1.29 is 27.9 Å². The molecular formula is C17H22N5O6PS3. The van der Waals surface area contributed by atoms with Gasteiger partial charge >= 0.3 is 197 Å². The van der Waals surface area contributed by atoms with Gasteiger partial charge in [-0.3, -0.25) is 0 Å². The molecule has 5 rings (SSSR count). The first kappa shape index (κ1) is 22.8. The summed E-state index contributed by atoms with van der Waals surface area (Å²) in [6, 6.07) is 0. The van der Waals surface area contributed by atoms with E-state index in [1.54, 1.807) is 32.5 Å². The van der Waals surface area contributed by atoms with E-state index in [1.807, 2.05) is 0 Å². The van der Waals surface area contributed by atoms with E-state index in [0.717, 1.165) is 0 Å². The van der Waals surface area contributed by atoms with Crippen LogP contribution in [0.2, 0.25) is 0 Å². The van der Waals surface area contributed by atoms with Gasteiger partial charge in [0.1, 0.15) is 0 Å². The molecule has 0 spiro atoms. The molecule has 2 aromatic heterocycles. The number of nitrogen functional groups attached to an aromatic ring is 1. The van der Waals surface area contributed by atoms with Gasteiger partial charge in [0.05, 0.1) is 0 Å². The molecule has 0 aliphatic carbocycles. The van der Waals surface area contributed by atoms with Gasteiger partial charge in [0.15, 0.2) is 0 Å². The molecule has 11 nitrogen and oxygen atoms in total. The number of ether oxygens (including phenoxy) is 2. The molecule has 15 heteroatoms. The third-order valence-electron chi connectivity index (χ3n) is 5.32. The molecule has 174 valence electrons. The van der Waals surface area contributed by atoms with Gasteiger partial charge < -0.3 is 0 Å². The van der Waals surface area contributed by atoms with Crippen molar-refractivity contribution in [3.8, 4) is 12.3 Å². The van der Waals surface area contributed by atoms with Crippen molar-refractivity contribution in [3.05, 3.63) is 11.0 Å². The minimum absolute atomic E-state index is 0.149. The van der Waals surface area contributed by atoms with E-state index in [-0.39, 0.29) is 37.5 Å². The van der Waals surface area contributed by atoms with Crippen LogP contribution >= 0.6 is 42.0 Å². The number of nitrogens with one attached hydrogen (secondary N) is 1. The Labute approximate surface area is 197 Å². The summed E-state index contributed by atoms with van der Waals surface area (Å²) in [5, 5.41) is 0. The molecule has 0 saturated carbocycles. The summed E-state index contributed by atoms with van der Waals surface area (Å²) >= 11 is 5.27. The number of H-pyrrole nitrogens is 1. The summed E-state index contributed by atoms with van der Waals surface area (Å²) in [4.78, 5) is 22.4. The van der Waals surface area contributed by atoms with Crippen molar-refractivity contribution in [1.29, 1.82) is 0 Å². The molecule has 0 aromatic carbocycles. The number of fused-ring (bicyclic) bond motifs is 2. The quantitative estimate of drug-likeness (QED) is 0.230. The van der Waals surface area contributed by atoms with Crippen molar-refractivity contribution in [3.63, 3.8) is 0 Å². The molecule has 3 fully saturated rings. The predicted molar refractivity (Wildman–Crippen MR) is 125 cm³/mol. The number of hydrogen-bond donors (Lipinski definition) is 3. The summed E-state index contributed by atoms with van der Waals surface area (Å²) in [7, 11) is -0.570. The Hall–Kier alpha value is -0.980. The van der Waals surface area contributed by atoms with Crippen molar-refractivity contribution in [2.45, 2.75) is 37.1 Å². The normalized spacial score (nSPS) is 32.9. The van der Waals surface area contributed by atoms with E-state index in [9.17, 15) is 4.89 Å². The molecule has 0 radical (unpaired) electrons. The minimum atomic E-state index is -3.89. The Morgan fingerprint density at radius 3 is 3.03 bits per heavy atom. The fourth-order valence-corrected chi connectivity index (χ4v) is 8.45. The van der Waals surface area contributed by atoms with Crippen LogP contribution in [-0.2, 0) is 23.0 Å². The Morgan fingerprint density at radius 1 is 1.41 bits per heavy atom. The van der Waals surface area contributed by atoms with E-state index >= 15 is 0 Å². The molecule has 3 aliphatic rings. The number of imidazole rings is 1. The first-order valence-corrected chi connectivity index (χ1v) is 14.4. The van der Waals surface area contributed by atoms with Gasteiger partial charge in [-0.1, -0.05) is 0 Å². The second kappa shape index (κ2) is 9.34. The molecule has 5 atom stereocenters. The molecule has 3 aliphatic heterocycles. The summed E-state index contributed by atoms with van der Waals surface area (Å²) in [5.74, 6) is 3.99. The zero-order chi connectivity index (χ0) is 22.3. The average Bonchev–Trinajstić information content (AvgIpc) is 3.36. The van der Waals surface area contributed by atoms with Crippen molar-refractivity contribution in [1.82, 2.24) is 19.5 Å². The predicted octanol–water partition coefficient (Wildman–Crippen LogP) is 1.97. The first-order valence-electron chi connectivity index (χ1n) is 9.85. The van der Waals surface area contributed by atoms with Crippen molar-refractivity contribution in [2.75, 3.05) is 30.5 Å². The van der Waals surface area contributed by atoms with Crippen LogP contribution in [0.25, 0.3) is 11.2 Å². The molecule has 32 heavy (non-hydrogen) atoms. The molecule has 0 unspecified atom stereocenters. The molecule has 0 bridgehead atoms. The van der Waals surface area contributed by atoms with Gasteiger partial charge in [-0.05, 0) is 0 Å². The van der Waals surface area contributed by atoms with Gasteiger partial charge in [-0.2, -0.15) is 0 Å². The van der Waals surface area contributed by atoms with Crippen LogP contribution in [0.1, 0.15) is 12.6 Å². The van der Waals surface area contributed by atoms with Crippen molar-refractivity contribution in [2.24, 2.45) is 0 Å². The Bertz CT molecular complexity index is 1100. The Kier molecular flexibility index (Phi) is 6.65. The first-order chi connectivity index (χ1) is 15.5. The van der Waals surface area contributed by atoms with Gasteiger partial charge in [-0.25, -0.2) is 0 Å². The number of anilines is 1. The molecule has 3 saturated heterocycles. The number of nitrogens with two attached hydrogens (primary N) is 1. The fraction of sp³-hybridized carbons (Fsp3) is 0.588. The van der Waals surface area contributed by atoms with Gasteiger partial charge in [0.25, 0.3) is 0 Å². The van der Waals surface area contributed by atoms with Crippen LogP contribution in [0.4, 0.5) is 5.95 Å². The second-order valence-electron chi connectivity index (χ2n) is 7.41. The van der Waals surface area contributed by atoms with E-state index in [1.165, 1.54) is 0 Å². The number of hydrogen-bond acceptors (Lipinski definition) is 12. The maximum atomic E-state index is 11.0. The zero-order valence-corrected chi connectivity index (χ0v) is 20.2. The number of aromatic nitrogens is 4. The number of terminal acetylenes is 1. The molecule has 0 amide bonds. The zero-order valence-electron chi connectivity index (χ0n) is 16.7. The topological polar surface area (TPSA) is 139 Å². The number of aromatic amines is 1. The van der Waals surface area contributed by atoms with Crippen LogP contribution < -0.4 is 5.73 Å². The standard InChI is InChI=1S/C17H22N5O6PS3/c1-2-3-24-11-6-31-32-7-12(11)28-29(23)25-5-10-9(27-29)4-13(26-10)22-8-19-14-15(22)20-17(18)21-16(14)30/h1,8-13,23,29H,3-7H2,(H3,18,20,21,30)/t9-,10+,11-,12-,13+/m0/s1. The monoisotopic (exact) mass is 519 g/mol. The second-order valence-corrected chi connectivity index (χ2v) is 12.2. The molecular weight excluding hydrogens is 497 g/mol. The van der Waals surface area contributed by atoms with E-state index in [4.69, 9.17) is 47.4 Å². The van der Waals surface area contributed by atoms with Crippen molar-refractivity contribution >= 4 is 59.1 Å². The van der Waals surface area contributed by atoms with Crippen LogP contribution in [0.15, 0.2) is 6.33 Å². The summed E-state index contributed by atoms with van der Waals surface area (Å²) in [6.07, 6.45) is 5.54. The third kappa shape index (κ3) is 4.52. The maximum absolute atomic E-state index is 11.0. The van der Waals surface area contributed by atoms with E-state index in [0.29, 0.717) is 33.7 Å². The van der Waals surface area contributed by atoms with E-state index < -0.39 is 20.5 Å². The third-order valence-corrected chi connectivity index (χ3v) is 9.76. The number of rotatable bonds is 5. The van der Waals surface area contributed by atoms with Crippen LogP contribution in [0, 0.1) is 17.0 Å². The van der Waals surface area contributed by atoms with Crippen LogP contribution in [-0.4, -0.2) is 73.5 Å². The summed E-state index contributed by atoms with van der Waals surface area (Å²) in [6.45, 7) is 0.329. The Balaban J connectivity index is 1.29. The molecule has 4 N–H and O–H groups in total. The van der Waals surface area contributed by atoms with E-state index in [2.05, 4.69) is 20.9 Å². The van der Waals surface area contributed by atoms with Crippen LogP contribution in [0.5, 0.6) is 0 Å². The Morgan fingerprint density at radius 2 is 2.22 bits per heavy atom. The molecule has 2 aromatic rings. The average molecular weight is 520 g/mol. The van der Waals surface area contributed by atoms with Crippen LogP contribution in [0.3, 0.4) is 0 Å². The fourth-order valence-electron chi connectivity index (χ4n) is 3.83. The van der Waals surface area contributed by atoms with Gasteiger partial charge in [0.2, 0.25) is 0 Å². The summed E-state index contributed by atoms with van der Waals surface area (Å²) in [5.41, 5.74) is 6.86. The van der Waals surface area contributed by atoms with Gasteiger partial charge in [0, 0.05) is 0 Å². The SMILES string of the molecule is C#CCO[C@H]1CSSC[C@@H]1O[PH]1(O)OC[C@H]2O[C@@H](n3cnc4c(=S)[nH]c(N)nc43)C[C@@H]2O1. The van der Waals surface area contributed by atoms with Gasteiger partial charge in [-0.15, -0.1) is 0 Å². The number of nitrogens with zero attached hydrogens (tertiary/aromatic N) is 3. The summed E-state index contributed by atoms with van der Waals surface area (Å²) < 4.78 is 31.5. The molecule has 5 heterocycles.